The summed E-state index contributed by atoms with van der Waals surface area (Å²) >= 11 is 0. The quantitative estimate of drug-likeness (QED) is 0.248. The number of alkyl halides is 2. The molecule has 0 aliphatic heterocycles. The molecule has 7 heteroatoms. The number of ether oxygens (including phenoxy) is 1. The van der Waals surface area contributed by atoms with Crippen molar-refractivity contribution in [2.24, 2.45) is 11.8 Å². The Balaban J connectivity index is 1.19. The zero-order chi connectivity index (χ0) is 26.3. The zero-order valence-corrected chi connectivity index (χ0v) is 21.4. The lowest BCUT2D eigenvalue weighted by Crippen LogP contribution is -2.30. The first-order chi connectivity index (χ1) is 17.8. The minimum atomic E-state index is -3.50. The highest BCUT2D eigenvalue weighted by Gasteiger charge is 2.40. The van der Waals surface area contributed by atoms with E-state index in [-0.39, 0.29) is 5.92 Å². The lowest BCUT2D eigenvalue weighted by Gasteiger charge is -2.30. The normalized spacial score (nSPS) is 25.2. The molecule has 0 radical (unpaired) electrons. The van der Waals surface area contributed by atoms with Gasteiger partial charge in [-0.15, -0.1) is 0 Å². The van der Waals surface area contributed by atoms with Crippen molar-refractivity contribution in [1.82, 2.24) is 9.97 Å². The second-order valence-electron chi connectivity index (χ2n) is 10.4. The third-order valence-electron chi connectivity index (χ3n) is 7.68. The molecule has 0 unspecified atom stereocenters. The topological polar surface area (TPSA) is 35.0 Å². The molecule has 3 nitrogen and oxygen atoms in total. The summed E-state index contributed by atoms with van der Waals surface area (Å²) in [5.74, 6) is -1.06. The summed E-state index contributed by atoms with van der Waals surface area (Å²) in [6.07, 6.45) is 15.6. The van der Waals surface area contributed by atoms with Gasteiger partial charge in [-0.25, -0.2) is 18.7 Å². The predicted octanol–water partition coefficient (Wildman–Crippen LogP) is 8.42. The van der Waals surface area contributed by atoms with Crippen molar-refractivity contribution in [2.75, 3.05) is 0 Å². The molecule has 2 fully saturated rings. The van der Waals surface area contributed by atoms with Gasteiger partial charge in [-0.3, -0.25) is 0 Å². The number of hydrogen-bond acceptors (Lipinski definition) is 3. The molecule has 0 bridgehead atoms. The van der Waals surface area contributed by atoms with Crippen molar-refractivity contribution in [3.05, 3.63) is 83.5 Å². The van der Waals surface area contributed by atoms with Gasteiger partial charge in [-0.2, -0.15) is 8.78 Å². The third-order valence-corrected chi connectivity index (χ3v) is 7.68. The molecule has 0 amide bonds. The van der Waals surface area contributed by atoms with E-state index in [0.717, 1.165) is 56.1 Å². The number of benzene rings is 1. The van der Waals surface area contributed by atoms with Crippen LogP contribution in [0.5, 0.6) is 0 Å². The smallest absolute Gasteiger partial charge is 0.311 e. The summed E-state index contributed by atoms with van der Waals surface area (Å²) in [5.41, 5.74) is 1.70. The van der Waals surface area contributed by atoms with Crippen molar-refractivity contribution in [1.29, 1.82) is 0 Å². The second-order valence-corrected chi connectivity index (χ2v) is 10.4. The van der Waals surface area contributed by atoms with Gasteiger partial charge in [-0.1, -0.05) is 30.4 Å². The van der Waals surface area contributed by atoms with E-state index in [1.54, 1.807) is 6.07 Å². The highest BCUT2D eigenvalue weighted by molar-refractivity contribution is 5.22. The van der Waals surface area contributed by atoms with E-state index in [2.05, 4.69) is 22.1 Å². The molecule has 0 spiro atoms. The van der Waals surface area contributed by atoms with Gasteiger partial charge in [0.1, 0.15) is 0 Å². The Hall–Kier alpha value is -2.54. The summed E-state index contributed by atoms with van der Waals surface area (Å²) in [7, 11) is 0. The molecule has 1 heterocycles. The van der Waals surface area contributed by atoms with E-state index in [0.29, 0.717) is 31.1 Å². The van der Waals surface area contributed by atoms with Crippen LogP contribution in [0.4, 0.5) is 17.6 Å². The summed E-state index contributed by atoms with van der Waals surface area (Å²) in [6, 6.07) is 4.23. The van der Waals surface area contributed by atoms with Crippen molar-refractivity contribution in [2.45, 2.75) is 89.3 Å². The molecule has 1 aromatic carbocycles. The number of hydrogen-bond donors (Lipinski definition) is 0. The fourth-order valence-corrected chi connectivity index (χ4v) is 5.44. The van der Waals surface area contributed by atoms with Crippen LogP contribution in [0, 0.1) is 23.5 Å². The van der Waals surface area contributed by atoms with Crippen LogP contribution in [0.25, 0.3) is 0 Å². The average molecular weight is 517 g/mol. The Kier molecular flexibility index (Phi) is 9.52. The fourth-order valence-electron chi connectivity index (χ4n) is 5.44. The summed E-state index contributed by atoms with van der Waals surface area (Å²) < 4.78 is 61.2. The molecule has 0 atom stereocenters. The van der Waals surface area contributed by atoms with Gasteiger partial charge in [0, 0.05) is 12.4 Å². The van der Waals surface area contributed by atoms with Crippen LogP contribution in [0.1, 0.15) is 87.6 Å². The van der Waals surface area contributed by atoms with Crippen molar-refractivity contribution >= 4 is 0 Å². The highest BCUT2D eigenvalue weighted by Crippen LogP contribution is 2.38. The number of nitrogens with zero attached hydrogens (tertiary/aromatic N) is 2. The first-order valence-corrected chi connectivity index (χ1v) is 13.5. The third kappa shape index (κ3) is 7.73. The summed E-state index contributed by atoms with van der Waals surface area (Å²) in [4.78, 5) is 7.73. The first-order valence-electron chi connectivity index (χ1n) is 13.5. The van der Waals surface area contributed by atoms with Gasteiger partial charge in [0.05, 0.1) is 6.10 Å². The number of aryl methyl sites for hydroxylation is 1. The van der Waals surface area contributed by atoms with Gasteiger partial charge in [0.2, 0.25) is 5.82 Å². The SMILES string of the molecule is C/C=C/CCc1cnc(C(F)(F)OC2CCC(/C=C/C3CCC(c4ccc(F)c(F)c4)CC3)CC2)nc1. The Morgan fingerprint density at radius 3 is 2.11 bits per heavy atom. The molecule has 200 valence electrons. The van der Waals surface area contributed by atoms with E-state index in [9.17, 15) is 17.6 Å². The monoisotopic (exact) mass is 516 g/mol. The molecule has 2 aliphatic carbocycles. The number of aromatic nitrogens is 2. The van der Waals surface area contributed by atoms with Crippen molar-refractivity contribution < 1.29 is 22.3 Å². The highest BCUT2D eigenvalue weighted by atomic mass is 19.3. The van der Waals surface area contributed by atoms with Crippen LogP contribution in [0.15, 0.2) is 54.9 Å². The van der Waals surface area contributed by atoms with Crippen LogP contribution in [0.2, 0.25) is 0 Å². The molecular formula is C30H36F4N2O. The van der Waals surface area contributed by atoms with Crippen molar-refractivity contribution in [3.8, 4) is 0 Å². The second kappa shape index (κ2) is 12.8. The zero-order valence-electron chi connectivity index (χ0n) is 21.4. The van der Waals surface area contributed by atoms with Gasteiger partial charge in [0.25, 0.3) is 0 Å². The van der Waals surface area contributed by atoms with Gasteiger partial charge < -0.3 is 4.74 Å². The fraction of sp³-hybridized carbons (Fsp3) is 0.533. The van der Waals surface area contributed by atoms with E-state index < -0.39 is 29.7 Å². The molecule has 2 saturated carbocycles. The maximum Gasteiger partial charge on any atom is 0.417 e. The van der Waals surface area contributed by atoms with Gasteiger partial charge >= 0.3 is 6.11 Å². The lowest BCUT2D eigenvalue weighted by molar-refractivity contribution is -0.282. The molecular weight excluding hydrogens is 480 g/mol. The van der Waals surface area contributed by atoms with Gasteiger partial charge in [0.15, 0.2) is 11.6 Å². The Bertz CT molecular complexity index is 1050. The van der Waals surface area contributed by atoms with Gasteiger partial charge in [-0.05, 0) is 112 Å². The van der Waals surface area contributed by atoms with E-state index in [1.807, 2.05) is 19.1 Å². The number of allylic oxidation sites excluding steroid dienone is 4. The maximum absolute atomic E-state index is 14.7. The van der Waals surface area contributed by atoms with Crippen LogP contribution < -0.4 is 0 Å². The minimum Gasteiger partial charge on any atom is -0.311 e. The van der Waals surface area contributed by atoms with E-state index >= 15 is 0 Å². The van der Waals surface area contributed by atoms with Crippen LogP contribution in [-0.2, 0) is 17.3 Å². The Labute approximate surface area is 217 Å². The largest absolute Gasteiger partial charge is 0.417 e. The summed E-state index contributed by atoms with van der Waals surface area (Å²) in [5, 5.41) is 0. The maximum atomic E-state index is 14.7. The molecule has 0 saturated heterocycles. The minimum absolute atomic E-state index is 0.271. The van der Waals surface area contributed by atoms with Crippen molar-refractivity contribution in [3.63, 3.8) is 0 Å². The predicted molar refractivity (Wildman–Crippen MR) is 136 cm³/mol. The molecule has 2 aliphatic rings. The Morgan fingerprint density at radius 1 is 0.892 bits per heavy atom. The summed E-state index contributed by atoms with van der Waals surface area (Å²) in [6.45, 7) is 1.94. The first kappa shape index (κ1) is 27.5. The lowest BCUT2D eigenvalue weighted by atomic mass is 9.78. The van der Waals surface area contributed by atoms with E-state index in [4.69, 9.17) is 4.74 Å². The Morgan fingerprint density at radius 2 is 1.51 bits per heavy atom. The molecule has 0 N–H and O–H groups in total. The average Bonchev–Trinajstić information content (AvgIpc) is 2.90. The number of rotatable bonds is 9. The molecule has 4 rings (SSSR count). The number of halogens is 4. The molecule has 37 heavy (non-hydrogen) atoms. The molecule has 1 aromatic heterocycles. The standard InChI is InChI=1S/C30H36F4N2O/c1-2-3-4-5-23-19-35-29(36-20-23)30(33,34)37-26-15-10-22(11-16-26)7-6-21-8-12-24(13-9-21)25-14-17-27(31)28(32)18-25/h2-3,6-7,14,17-22,24,26H,4-5,8-13,15-16H2,1H3/b3-2+,7-6+. The molecule has 2 aromatic rings. The van der Waals surface area contributed by atoms with Crippen LogP contribution >= 0.6 is 0 Å². The van der Waals surface area contributed by atoms with Crippen LogP contribution in [-0.4, -0.2) is 16.1 Å². The van der Waals surface area contributed by atoms with Crippen LogP contribution in [0.3, 0.4) is 0 Å². The van der Waals surface area contributed by atoms with E-state index in [1.165, 1.54) is 24.5 Å².